The Bertz CT molecular complexity index is 879. The number of carbonyl (C=O) groups is 1. The number of methoxy groups -OCH3 is 1. The van der Waals surface area contributed by atoms with E-state index in [2.05, 4.69) is 10.1 Å². The summed E-state index contributed by atoms with van der Waals surface area (Å²) in [5.74, 6) is -5.14. The van der Waals surface area contributed by atoms with E-state index in [0.717, 1.165) is 6.07 Å². The fourth-order valence-corrected chi connectivity index (χ4v) is 2.58. The van der Waals surface area contributed by atoms with Crippen LogP contribution in [0.1, 0.15) is 12.5 Å². The number of benzene rings is 2. The number of carbonyl (C=O) groups excluding carboxylic acids is 1. The molecule has 0 spiro atoms. The highest BCUT2D eigenvalue weighted by Crippen LogP contribution is 2.29. The van der Waals surface area contributed by atoms with Crippen LogP contribution in [0.5, 0.6) is 11.5 Å². The largest absolute Gasteiger partial charge is 0.493 e. The summed E-state index contributed by atoms with van der Waals surface area (Å²) in [5.41, 5.74) is 0.198. The Morgan fingerprint density at radius 1 is 1.10 bits per heavy atom. The smallest absolute Gasteiger partial charge is 0.387 e. The van der Waals surface area contributed by atoms with Crippen LogP contribution in [0.4, 0.5) is 27.6 Å². The first-order valence-electron chi connectivity index (χ1n) is 8.52. The van der Waals surface area contributed by atoms with E-state index in [4.69, 9.17) is 4.74 Å². The molecule has 2 rings (SSSR count). The Balaban J connectivity index is 2.07. The first kappa shape index (κ1) is 22.4. The molecule has 0 aliphatic heterocycles. The average Bonchev–Trinajstić information content (AvgIpc) is 2.68. The average molecular weight is 419 g/mol. The highest BCUT2D eigenvalue weighted by atomic mass is 19.3. The minimum atomic E-state index is -3.00. The van der Waals surface area contributed by atoms with Gasteiger partial charge >= 0.3 is 6.61 Å². The summed E-state index contributed by atoms with van der Waals surface area (Å²) >= 11 is 0. The third-order valence-corrected chi connectivity index (χ3v) is 4.35. The number of hydrogen-bond acceptors (Lipinski definition) is 3. The Hall–Kier alpha value is -2.88. The number of halogens is 5. The molecule has 2 N–H and O–H groups in total. The number of likely N-dealkylation sites (N-methyl/N-ethyl adjacent to an activating group) is 1. The Morgan fingerprint density at radius 2 is 1.79 bits per heavy atom. The van der Waals surface area contributed by atoms with Crippen LogP contribution in [0.15, 0.2) is 30.3 Å². The molecule has 0 heterocycles. The van der Waals surface area contributed by atoms with Gasteiger partial charge in [-0.3, -0.25) is 4.79 Å². The molecule has 0 aliphatic carbocycles. The lowest BCUT2D eigenvalue weighted by Gasteiger charge is -2.22. The molecule has 0 radical (unpaired) electrons. The second-order valence-corrected chi connectivity index (χ2v) is 6.32. The summed E-state index contributed by atoms with van der Waals surface area (Å²) in [6.45, 7) is -1.14. The van der Waals surface area contributed by atoms with Gasteiger partial charge in [0.05, 0.1) is 19.8 Å². The Kier molecular flexibility index (Phi) is 7.38. The normalized spacial score (nSPS) is 13.1. The summed E-state index contributed by atoms with van der Waals surface area (Å²) in [6, 6.07) is 5.31. The van der Waals surface area contributed by atoms with E-state index in [0.29, 0.717) is 23.1 Å². The van der Waals surface area contributed by atoms with E-state index >= 15 is 0 Å². The molecule has 2 aromatic rings. The molecule has 0 saturated heterocycles. The van der Waals surface area contributed by atoms with Crippen molar-refractivity contribution in [3.8, 4) is 11.5 Å². The quantitative estimate of drug-likeness (QED) is 0.511. The molecule has 0 saturated carbocycles. The molecule has 1 unspecified atom stereocenters. The lowest BCUT2D eigenvalue weighted by atomic mass is 10.1. The minimum absolute atomic E-state index is 0.108. The van der Waals surface area contributed by atoms with Crippen molar-refractivity contribution in [1.29, 1.82) is 0 Å². The molecular formula is C19H20F5N2O3+. The van der Waals surface area contributed by atoms with Gasteiger partial charge in [0.1, 0.15) is 6.54 Å². The molecular weight excluding hydrogens is 399 g/mol. The maximum atomic E-state index is 13.7. The minimum Gasteiger partial charge on any atom is -0.493 e. The van der Waals surface area contributed by atoms with Crippen molar-refractivity contribution >= 4 is 11.6 Å². The molecule has 1 amide bonds. The van der Waals surface area contributed by atoms with E-state index in [-0.39, 0.29) is 11.5 Å². The lowest BCUT2D eigenvalue weighted by Crippen LogP contribution is -3.12. The van der Waals surface area contributed by atoms with Crippen LogP contribution >= 0.6 is 0 Å². The van der Waals surface area contributed by atoms with Crippen molar-refractivity contribution < 1.29 is 41.1 Å². The van der Waals surface area contributed by atoms with Gasteiger partial charge in [-0.15, -0.1) is 0 Å². The van der Waals surface area contributed by atoms with Crippen LogP contribution in [-0.2, 0) is 11.3 Å². The number of hydrogen-bond donors (Lipinski definition) is 2. The van der Waals surface area contributed by atoms with Crippen LogP contribution in [0.25, 0.3) is 0 Å². The van der Waals surface area contributed by atoms with Crippen LogP contribution in [0, 0.1) is 17.5 Å². The second kappa shape index (κ2) is 9.55. The predicted octanol–water partition coefficient (Wildman–Crippen LogP) is 2.76. The zero-order valence-electron chi connectivity index (χ0n) is 15.9. The van der Waals surface area contributed by atoms with Gasteiger partial charge in [-0.2, -0.15) is 8.78 Å². The zero-order valence-corrected chi connectivity index (χ0v) is 15.9. The molecule has 0 aliphatic rings. The summed E-state index contributed by atoms with van der Waals surface area (Å²) in [5, 5.41) is 2.23. The van der Waals surface area contributed by atoms with E-state index in [1.165, 1.54) is 19.2 Å². The molecule has 0 bridgehead atoms. The first-order chi connectivity index (χ1) is 13.6. The highest BCUT2D eigenvalue weighted by Gasteiger charge is 2.25. The standard InChI is InChI=1S/C19H19F5N2O3/c1-10(18(27)25-13-6-5-12(20)16(21)17(13)22)26(2)9-11-4-7-14(29-19(23)24)15(8-11)28-3/h4-8,10,19H,9H2,1-3H3,(H,25,27)/p+1/t10-/m0/s1. The number of ether oxygens (including phenoxy) is 2. The zero-order chi connectivity index (χ0) is 21.7. The van der Waals surface area contributed by atoms with Crippen molar-refractivity contribution in [2.45, 2.75) is 26.1 Å². The highest BCUT2D eigenvalue weighted by molar-refractivity contribution is 5.93. The van der Waals surface area contributed by atoms with Crippen molar-refractivity contribution in [2.24, 2.45) is 0 Å². The van der Waals surface area contributed by atoms with Gasteiger partial charge in [0.2, 0.25) is 0 Å². The number of rotatable bonds is 8. The van der Waals surface area contributed by atoms with Gasteiger partial charge in [0, 0.05) is 5.56 Å². The fourth-order valence-electron chi connectivity index (χ4n) is 2.58. The van der Waals surface area contributed by atoms with Gasteiger partial charge in [-0.25, -0.2) is 13.2 Å². The molecule has 2 aromatic carbocycles. The number of quaternary nitrogens is 1. The number of alkyl halides is 2. The van der Waals surface area contributed by atoms with E-state index < -0.39 is 41.7 Å². The van der Waals surface area contributed by atoms with Crippen molar-refractivity contribution in [3.05, 3.63) is 53.3 Å². The maximum absolute atomic E-state index is 13.7. The van der Waals surface area contributed by atoms with Gasteiger partial charge in [0.15, 0.2) is 35.0 Å². The summed E-state index contributed by atoms with van der Waals surface area (Å²) in [4.78, 5) is 13.0. The monoisotopic (exact) mass is 419 g/mol. The van der Waals surface area contributed by atoms with Gasteiger partial charge in [-0.05, 0) is 37.3 Å². The summed E-state index contributed by atoms with van der Waals surface area (Å²) < 4.78 is 74.2. The van der Waals surface area contributed by atoms with Crippen LogP contribution < -0.4 is 19.7 Å². The lowest BCUT2D eigenvalue weighted by molar-refractivity contribution is -0.907. The molecule has 29 heavy (non-hydrogen) atoms. The third kappa shape index (κ3) is 5.57. The molecule has 5 nitrogen and oxygen atoms in total. The predicted molar refractivity (Wildman–Crippen MR) is 94.6 cm³/mol. The van der Waals surface area contributed by atoms with Crippen LogP contribution in [0.3, 0.4) is 0 Å². The molecule has 10 heteroatoms. The third-order valence-electron chi connectivity index (χ3n) is 4.35. The van der Waals surface area contributed by atoms with Crippen molar-refractivity contribution in [3.63, 3.8) is 0 Å². The van der Waals surface area contributed by atoms with Gasteiger partial charge in [0.25, 0.3) is 5.91 Å². The van der Waals surface area contributed by atoms with E-state index in [9.17, 15) is 26.7 Å². The molecule has 0 aromatic heterocycles. The Morgan fingerprint density at radius 3 is 2.41 bits per heavy atom. The number of nitrogens with one attached hydrogen (secondary N) is 2. The van der Waals surface area contributed by atoms with E-state index in [1.54, 1.807) is 20.0 Å². The van der Waals surface area contributed by atoms with Crippen LogP contribution in [0.2, 0.25) is 0 Å². The fraction of sp³-hybridized carbons (Fsp3) is 0.316. The number of anilines is 1. The van der Waals surface area contributed by atoms with Crippen LogP contribution in [-0.4, -0.2) is 32.7 Å². The van der Waals surface area contributed by atoms with Gasteiger partial charge in [-0.1, -0.05) is 0 Å². The summed E-state index contributed by atoms with van der Waals surface area (Å²) in [6.07, 6.45) is 0. The second-order valence-electron chi connectivity index (χ2n) is 6.32. The topological polar surface area (TPSA) is 52.0 Å². The molecule has 158 valence electrons. The first-order valence-corrected chi connectivity index (χ1v) is 8.52. The number of amides is 1. The SMILES string of the molecule is COc1cc(C[NH+](C)[C@@H](C)C(=O)Nc2ccc(F)c(F)c2F)ccc1OC(F)F. The van der Waals surface area contributed by atoms with Crippen molar-refractivity contribution in [2.75, 3.05) is 19.5 Å². The maximum Gasteiger partial charge on any atom is 0.387 e. The Labute approximate surface area is 164 Å². The van der Waals surface area contributed by atoms with Crippen molar-refractivity contribution in [1.82, 2.24) is 0 Å². The van der Waals surface area contributed by atoms with Gasteiger partial charge < -0.3 is 19.7 Å². The molecule has 2 atom stereocenters. The van der Waals surface area contributed by atoms with E-state index in [1.807, 2.05) is 0 Å². The summed E-state index contributed by atoms with van der Waals surface area (Å²) in [7, 11) is 2.99. The molecule has 0 fully saturated rings.